The van der Waals surface area contributed by atoms with Gasteiger partial charge in [0.05, 0.1) is 12.2 Å². The lowest BCUT2D eigenvalue weighted by Gasteiger charge is -2.09. The third kappa shape index (κ3) is 4.91. The van der Waals surface area contributed by atoms with Crippen molar-refractivity contribution in [2.75, 3.05) is 17.2 Å². The summed E-state index contributed by atoms with van der Waals surface area (Å²) in [5.41, 5.74) is 2.04. The van der Waals surface area contributed by atoms with E-state index in [4.69, 9.17) is 4.74 Å². The number of carbonyl (C=O) groups excluding carboxylic acids is 2. The lowest BCUT2D eigenvalue weighted by Crippen LogP contribution is -2.12. The molecule has 2 aromatic carbocycles. The number of nitrogens with one attached hydrogen (secondary N) is 2. The molecule has 0 unspecified atom stereocenters. The predicted octanol–water partition coefficient (Wildman–Crippen LogP) is 4.39. The van der Waals surface area contributed by atoms with Crippen molar-refractivity contribution in [3.63, 3.8) is 0 Å². The van der Waals surface area contributed by atoms with Crippen molar-refractivity contribution in [1.82, 2.24) is 4.98 Å². The molecule has 0 bridgehead atoms. The summed E-state index contributed by atoms with van der Waals surface area (Å²) in [4.78, 5) is 28.2. The number of nitrogens with zero attached hydrogens (tertiary/aromatic N) is 1. The number of rotatable bonds is 6. The zero-order valence-electron chi connectivity index (χ0n) is 15.1. The van der Waals surface area contributed by atoms with E-state index in [2.05, 4.69) is 15.6 Å². The van der Waals surface area contributed by atoms with Gasteiger partial charge in [-0.05, 0) is 67.6 Å². The number of amides is 1. The first-order valence-corrected chi connectivity index (χ1v) is 8.62. The van der Waals surface area contributed by atoms with Crippen LogP contribution in [0.25, 0.3) is 0 Å². The van der Waals surface area contributed by atoms with Gasteiger partial charge in [0, 0.05) is 23.1 Å². The Hall–Kier alpha value is -3.74. The van der Waals surface area contributed by atoms with Gasteiger partial charge in [0.1, 0.15) is 11.6 Å². The van der Waals surface area contributed by atoms with Crippen LogP contribution in [0, 0.1) is 5.82 Å². The summed E-state index contributed by atoms with van der Waals surface area (Å²) in [5.74, 6) is -0.626. The molecular formula is C21H18FN3O3. The van der Waals surface area contributed by atoms with Gasteiger partial charge < -0.3 is 15.4 Å². The molecule has 1 heterocycles. The smallest absolute Gasteiger partial charge is 0.338 e. The number of carbonyl (C=O) groups is 2. The lowest BCUT2D eigenvalue weighted by atomic mass is 10.2. The molecule has 0 atom stereocenters. The summed E-state index contributed by atoms with van der Waals surface area (Å²) < 4.78 is 17.9. The van der Waals surface area contributed by atoms with Crippen LogP contribution in [0.4, 0.5) is 21.6 Å². The van der Waals surface area contributed by atoms with E-state index in [1.165, 1.54) is 30.5 Å². The summed E-state index contributed by atoms with van der Waals surface area (Å²) >= 11 is 0. The van der Waals surface area contributed by atoms with Crippen LogP contribution in [-0.4, -0.2) is 23.5 Å². The van der Waals surface area contributed by atoms with Crippen LogP contribution in [-0.2, 0) is 4.74 Å². The number of benzene rings is 2. The monoisotopic (exact) mass is 379 g/mol. The standard InChI is InChI=1S/C21H18FN3O3/c1-2-28-21(27)14-3-7-17(8-4-14)24-19-13-15(11-12-23-19)20(26)25-18-9-5-16(22)6-10-18/h3-13H,2H2,1H3,(H,23,24)(H,25,26). The Morgan fingerprint density at radius 2 is 1.64 bits per heavy atom. The zero-order chi connectivity index (χ0) is 19.9. The first-order chi connectivity index (χ1) is 13.5. The van der Waals surface area contributed by atoms with Gasteiger partial charge >= 0.3 is 5.97 Å². The second kappa shape index (κ2) is 8.77. The quantitative estimate of drug-likeness (QED) is 0.621. The Morgan fingerprint density at radius 3 is 2.32 bits per heavy atom. The molecule has 1 amide bonds. The van der Waals surface area contributed by atoms with Crippen LogP contribution in [0.1, 0.15) is 27.6 Å². The molecule has 0 fully saturated rings. The van der Waals surface area contributed by atoms with E-state index < -0.39 is 0 Å². The highest BCUT2D eigenvalue weighted by molar-refractivity contribution is 6.04. The summed E-state index contributed by atoms with van der Waals surface area (Å²) in [6.07, 6.45) is 1.51. The van der Waals surface area contributed by atoms with Crippen molar-refractivity contribution in [3.8, 4) is 0 Å². The van der Waals surface area contributed by atoms with Crippen molar-refractivity contribution in [2.45, 2.75) is 6.92 Å². The van der Waals surface area contributed by atoms with Gasteiger partial charge in [0.25, 0.3) is 5.91 Å². The normalized spacial score (nSPS) is 10.2. The molecule has 1 aromatic heterocycles. The Bertz CT molecular complexity index is 973. The van der Waals surface area contributed by atoms with E-state index in [9.17, 15) is 14.0 Å². The van der Waals surface area contributed by atoms with Crippen LogP contribution >= 0.6 is 0 Å². The van der Waals surface area contributed by atoms with E-state index >= 15 is 0 Å². The molecule has 7 heteroatoms. The highest BCUT2D eigenvalue weighted by Gasteiger charge is 2.09. The van der Waals surface area contributed by atoms with E-state index in [0.29, 0.717) is 34.9 Å². The fourth-order valence-corrected chi connectivity index (χ4v) is 2.43. The largest absolute Gasteiger partial charge is 0.462 e. The van der Waals surface area contributed by atoms with E-state index in [1.807, 2.05) is 0 Å². The average Bonchev–Trinajstić information content (AvgIpc) is 2.70. The number of halogens is 1. The Morgan fingerprint density at radius 1 is 0.964 bits per heavy atom. The second-order valence-electron chi connectivity index (χ2n) is 5.81. The van der Waals surface area contributed by atoms with Crippen molar-refractivity contribution in [2.24, 2.45) is 0 Å². The first kappa shape index (κ1) is 19.0. The first-order valence-electron chi connectivity index (χ1n) is 8.62. The number of anilines is 3. The van der Waals surface area contributed by atoms with Gasteiger partial charge in [-0.3, -0.25) is 4.79 Å². The maximum Gasteiger partial charge on any atom is 0.338 e. The number of esters is 1. The summed E-state index contributed by atoms with van der Waals surface area (Å²) in [7, 11) is 0. The van der Waals surface area contributed by atoms with Crippen LogP contribution in [0.5, 0.6) is 0 Å². The van der Waals surface area contributed by atoms with Crippen LogP contribution in [0.3, 0.4) is 0 Å². The molecule has 0 aliphatic rings. The number of pyridine rings is 1. The Kier molecular flexibility index (Phi) is 5.96. The van der Waals surface area contributed by atoms with E-state index in [0.717, 1.165) is 0 Å². The van der Waals surface area contributed by atoms with Gasteiger partial charge in [-0.1, -0.05) is 0 Å². The number of ether oxygens (including phenoxy) is 1. The van der Waals surface area contributed by atoms with Gasteiger partial charge in [-0.2, -0.15) is 0 Å². The number of aromatic nitrogens is 1. The number of hydrogen-bond donors (Lipinski definition) is 2. The highest BCUT2D eigenvalue weighted by atomic mass is 19.1. The maximum atomic E-state index is 13.0. The molecule has 0 aliphatic carbocycles. The van der Waals surface area contributed by atoms with E-state index in [1.54, 1.807) is 43.3 Å². The molecule has 3 aromatic rings. The average molecular weight is 379 g/mol. The summed E-state index contributed by atoms with van der Waals surface area (Å²) in [6.45, 7) is 2.06. The van der Waals surface area contributed by atoms with E-state index in [-0.39, 0.29) is 17.7 Å². The molecular weight excluding hydrogens is 361 g/mol. The fourth-order valence-electron chi connectivity index (χ4n) is 2.43. The second-order valence-corrected chi connectivity index (χ2v) is 5.81. The maximum absolute atomic E-state index is 13.0. The van der Waals surface area contributed by atoms with Gasteiger partial charge in [-0.25, -0.2) is 14.2 Å². The Labute approximate surface area is 161 Å². The molecule has 2 N–H and O–H groups in total. The molecule has 0 saturated carbocycles. The molecule has 0 radical (unpaired) electrons. The van der Waals surface area contributed by atoms with Crippen LogP contribution in [0.15, 0.2) is 66.9 Å². The van der Waals surface area contributed by atoms with Crippen molar-refractivity contribution in [1.29, 1.82) is 0 Å². The molecule has 0 aliphatic heterocycles. The van der Waals surface area contributed by atoms with Crippen molar-refractivity contribution >= 4 is 29.1 Å². The molecule has 3 rings (SSSR count). The molecule has 0 spiro atoms. The third-order valence-electron chi connectivity index (χ3n) is 3.79. The predicted molar refractivity (Wildman–Crippen MR) is 104 cm³/mol. The van der Waals surface area contributed by atoms with Gasteiger partial charge in [0.15, 0.2) is 0 Å². The zero-order valence-corrected chi connectivity index (χ0v) is 15.1. The fraction of sp³-hybridized carbons (Fsp3) is 0.0952. The minimum absolute atomic E-state index is 0.315. The topological polar surface area (TPSA) is 80.3 Å². The molecule has 28 heavy (non-hydrogen) atoms. The highest BCUT2D eigenvalue weighted by Crippen LogP contribution is 2.18. The van der Waals surface area contributed by atoms with Crippen molar-refractivity contribution < 1.29 is 18.7 Å². The SMILES string of the molecule is CCOC(=O)c1ccc(Nc2cc(C(=O)Nc3ccc(F)cc3)ccn2)cc1. The lowest BCUT2D eigenvalue weighted by molar-refractivity contribution is 0.0526. The van der Waals surface area contributed by atoms with Gasteiger partial charge in [-0.15, -0.1) is 0 Å². The Balaban J connectivity index is 1.68. The van der Waals surface area contributed by atoms with Crippen LogP contribution < -0.4 is 10.6 Å². The third-order valence-corrected chi connectivity index (χ3v) is 3.79. The molecule has 0 saturated heterocycles. The number of hydrogen-bond acceptors (Lipinski definition) is 5. The minimum Gasteiger partial charge on any atom is -0.462 e. The van der Waals surface area contributed by atoms with Gasteiger partial charge in [0.2, 0.25) is 0 Å². The minimum atomic E-state index is -0.383. The van der Waals surface area contributed by atoms with Crippen molar-refractivity contribution in [3.05, 3.63) is 83.8 Å². The van der Waals surface area contributed by atoms with Crippen LogP contribution in [0.2, 0.25) is 0 Å². The molecule has 6 nitrogen and oxygen atoms in total. The summed E-state index contributed by atoms with van der Waals surface area (Å²) in [6, 6.07) is 15.4. The summed E-state index contributed by atoms with van der Waals surface area (Å²) in [5, 5.41) is 5.77. The molecule has 142 valence electrons.